The molecule has 0 aromatic carbocycles. The summed E-state index contributed by atoms with van der Waals surface area (Å²) in [6, 6.07) is 0. The van der Waals surface area contributed by atoms with Gasteiger partial charge in [-0.1, -0.05) is 0 Å². The first-order valence-electron chi connectivity index (χ1n) is 8.22. The van der Waals surface area contributed by atoms with Gasteiger partial charge in [0.2, 0.25) is 0 Å². The molecule has 0 unspecified atom stereocenters. The van der Waals surface area contributed by atoms with Crippen molar-refractivity contribution in [2.75, 3.05) is 0 Å². The van der Waals surface area contributed by atoms with E-state index in [1.54, 1.807) is 0 Å². The molecule has 0 aromatic heterocycles. The van der Waals surface area contributed by atoms with E-state index >= 15 is 0 Å². The monoisotopic (exact) mass is 844 g/mol. The third-order valence-electron chi connectivity index (χ3n) is 4.54. The van der Waals surface area contributed by atoms with Crippen molar-refractivity contribution in [3.8, 4) is 0 Å². The number of hydrogen-bond donors (Lipinski definition) is 0. The number of rotatable bonds is 4. The second kappa shape index (κ2) is 7.52. The van der Waals surface area contributed by atoms with Gasteiger partial charge in [-0.2, -0.15) is 0 Å². The molecule has 0 radical (unpaired) electrons. The van der Waals surface area contributed by atoms with E-state index in [-0.39, 0.29) is 0 Å². The maximum absolute atomic E-state index is 2.81. The summed E-state index contributed by atoms with van der Waals surface area (Å²) in [7, 11) is 0. The van der Waals surface area contributed by atoms with E-state index in [0.29, 0.717) is 0 Å². The summed E-state index contributed by atoms with van der Waals surface area (Å²) in [5.41, 5.74) is 0. The van der Waals surface area contributed by atoms with Crippen molar-refractivity contribution in [2.45, 2.75) is 71.1 Å². The Morgan fingerprint density at radius 2 is 0.500 bits per heavy atom. The summed E-state index contributed by atoms with van der Waals surface area (Å²) in [6.45, 7) is 21.1. The molecule has 4 rings (SSSR count). The van der Waals surface area contributed by atoms with Gasteiger partial charge in [-0.25, -0.2) is 0 Å². The van der Waals surface area contributed by atoms with Crippen LogP contribution in [-0.4, -0.2) is 56.9 Å². The van der Waals surface area contributed by atoms with Crippen LogP contribution in [0.1, 0.15) is 55.4 Å². The van der Waals surface area contributed by atoms with Crippen LogP contribution in [0, 0.1) is 0 Å². The molecule has 4 aliphatic heterocycles. The molecule has 4 saturated heterocycles. The third-order valence-corrected chi connectivity index (χ3v) is 557. The average Bonchev–Trinajstić information content (AvgIpc) is 2.36. The van der Waals surface area contributed by atoms with Gasteiger partial charge in [0.1, 0.15) is 0 Å². The van der Waals surface area contributed by atoms with E-state index in [4.69, 9.17) is 0 Å². The molecule has 0 spiro atoms. The van der Waals surface area contributed by atoms with Gasteiger partial charge in [-0.3, -0.25) is 0 Å². The Kier molecular flexibility index (Phi) is 7.52. The van der Waals surface area contributed by atoms with E-state index in [0.717, 1.165) is 15.7 Å². The molecule has 0 saturated carbocycles. The molecule has 0 atom stereocenters. The zero-order valence-corrected chi connectivity index (χ0v) is 31.1. The topological polar surface area (TPSA) is 0 Å². The van der Waals surface area contributed by atoms with Crippen LogP contribution in [0.2, 0.25) is 15.7 Å². The first-order valence-corrected chi connectivity index (χ1v) is 61.7. The molecule has 4 fully saturated rings. The van der Waals surface area contributed by atoms with Gasteiger partial charge in [0.15, 0.2) is 0 Å². The first kappa shape index (κ1) is 22.0. The van der Waals surface area contributed by atoms with Gasteiger partial charge in [0.25, 0.3) is 0 Å². The molecule has 0 nitrogen and oxygen atoms in total. The molecule has 4 heterocycles. The quantitative estimate of drug-likeness (QED) is 0.263. The summed E-state index contributed by atoms with van der Waals surface area (Å²) in [5.74, 6) is 0. The van der Waals surface area contributed by atoms with Crippen LogP contribution in [0.4, 0.5) is 0 Å². The van der Waals surface area contributed by atoms with Crippen molar-refractivity contribution >= 4 is 93.7 Å². The molecular weight excluding hydrogens is 811 g/mol. The Labute approximate surface area is 160 Å². The predicted molar refractivity (Wildman–Crippen MR) is 129 cm³/mol. The molecule has 0 aliphatic carbocycles. The Balaban J connectivity index is 2.17. The van der Waals surface area contributed by atoms with E-state index in [2.05, 4.69) is 92.2 Å². The van der Waals surface area contributed by atoms with Crippen LogP contribution in [0.3, 0.4) is 0 Å². The van der Waals surface area contributed by atoms with Gasteiger partial charge in [0, 0.05) is 0 Å². The molecule has 0 amide bonds. The molecule has 4 bridgehead atoms. The second-order valence-corrected chi connectivity index (χ2v) is 189. The normalized spacial score (nSPS) is 47.5. The molecule has 0 aromatic rings. The van der Waals surface area contributed by atoms with Gasteiger partial charge < -0.3 is 0 Å². The average molecular weight is 840 g/mol. The van der Waals surface area contributed by atoms with Gasteiger partial charge >= 0.3 is 165 Å². The SMILES string of the molecule is C[CH](C)[Sn]12[S][Sn]3([CH](C)C)[S][Sn]([CH](C)C)([S]1)[S][Sn]([CH](C)C)([S]2)[S]3. The Morgan fingerprint density at radius 1 is 0.364 bits per heavy atom. The molecule has 4 aliphatic rings. The Bertz CT molecular complexity index is 351. The molecule has 0 N–H and O–H groups in total. The fraction of sp³-hybridized carbons (Fsp3) is 1.00. The van der Waals surface area contributed by atoms with E-state index in [1.807, 2.05) is 0 Å². The van der Waals surface area contributed by atoms with Crippen LogP contribution in [-0.2, 0) is 0 Å². The van der Waals surface area contributed by atoms with Gasteiger partial charge in [-0.05, 0) is 0 Å². The fourth-order valence-corrected chi connectivity index (χ4v) is 1630. The van der Waals surface area contributed by atoms with Crippen LogP contribution in [0.25, 0.3) is 0 Å². The Morgan fingerprint density at radius 3 is 0.591 bits per heavy atom. The standard InChI is InChI=1S/4C3H7.6S.4Sn/c4*1-3-2;;;;;;;;;;/h4*3H,1-2H3;;;;;;;;;;. The van der Waals surface area contributed by atoms with Crippen molar-refractivity contribution in [2.24, 2.45) is 0 Å². The summed E-state index contributed by atoms with van der Waals surface area (Å²) in [6.07, 6.45) is 16.9. The minimum atomic E-state index is -2.06. The summed E-state index contributed by atoms with van der Waals surface area (Å²) in [5, 5.41) is 0. The molecule has 10 heteroatoms. The van der Waals surface area contributed by atoms with Crippen molar-refractivity contribution in [1.82, 2.24) is 0 Å². The van der Waals surface area contributed by atoms with Crippen LogP contribution >= 0.6 is 36.8 Å². The minimum absolute atomic E-state index is 1.07. The van der Waals surface area contributed by atoms with E-state index in [9.17, 15) is 0 Å². The second-order valence-electron chi connectivity index (χ2n) is 7.65. The van der Waals surface area contributed by atoms with Crippen LogP contribution < -0.4 is 0 Å². The van der Waals surface area contributed by atoms with Gasteiger partial charge in [-0.15, -0.1) is 0 Å². The predicted octanol–water partition coefficient (Wildman–Crippen LogP) is 7.82. The van der Waals surface area contributed by atoms with E-state index in [1.165, 1.54) is 0 Å². The summed E-state index contributed by atoms with van der Waals surface area (Å²) >= 11 is -8.25. The zero-order chi connectivity index (χ0) is 16.6. The van der Waals surface area contributed by atoms with Crippen molar-refractivity contribution in [1.29, 1.82) is 0 Å². The van der Waals surface area contributed by atoms with Crippen LogP contribution in [0.5, 0.6) is 0 Å². The number of hydrogen-bond acceptors (Lipinski definition) is 6. The summed E-state index contributed by atoms with van der Waals surface area (Å²) in [4.78, 5) is 0. The Hall–Kier alpha value is 5.29. The van der Waals surface area contributed by atoms with E-state index < -0.39 is 56.9 Å². The van der Waals surface area contributed by atoms with Gasteiger partial charge in [0.05, 0.1) is 0 Å². The zero-order valence-electron chi connectivity index (χ0n) is 14.8. The molecule has 128 valence electrons. The fourth-order valence-electron chi connectivity index (χ4n) is 2.85. The van der Waals surface area contributed by atoms with Crippen molar-refractivity contribution in [3.05, 3.63) is 0 Å². The molecule has 22 heavy (non-hydrogen) atoms. The summed E-state index contributed by atoms with van der Waals surface area (Å²) < 4.78 is 4.26. The van der Waals surface area contributed by atoms with Crippen molar-refractivity contribution in [3.63, 3.8) is 0 Å². The molecular formula is C12H28S6Sn4. The first-order chi connectivity index (χ1) is 10.0. The maximum atomic E-state index is 2.81. The van der Waals surface area contributed by atoms with Crippen LogP contribution in [0.15, 0.2) is 0 Å². The third kappa shape index (κ3) is 3.50. The van der Waals surface area contributed by atoms with Crippen molar-refractivity contribution < 1.29 is 0 Å².